The van der Waals surface area contributed by atoms with E-state index in [0.717, 1.165) is 16.5 Å². The van der Waals surface area contributed by atoms with Gasteiger partial charge in [-0.05, 0) is 31.0 Å². The molecule has 0 heterocycles. The van der Waals surface area contributed by atoms with Gasteiger partial charge in [-0.15, -0.1) is 0 Å². The Kier molecular flexibility index (Phi) is 2.14. The minimum absolute atomic E-state index is 0.178. The summed E-state index contributed by atoms with van der Waals surface area (Å²) in [6, 6.07) is 7.88. The monoisotopic (exact) mass is 254 g/mol. The molecule has 3 heteroatoms. The first-order valence-corrected chi connectivity index (χ1v) is 5.32. The van der Waals surface area contributed by atoms with Crippen LogP contribution in [0.1, 0.15) is 24.8 Å². The lowest BCUT2D eigenvalue weighted by molar-refractivity contribution is -0.142. The number of benzene rings is 1. The van der Waals surface area contributed by atoms with Crippen LogP contribution in [-0.2, 0) is 4.79 Å². The van der Waals surface area contributed by atoms with E-state index < -0.39 is 11.4 Å². The summed E-state index contributed by atoms with van der Waals surface area (Å²) in [4.78, 5) is 10.9. The molecule has 0 spiro atoms. The number of hydrogen-bond acceptors (Lipinski definition) is 1. The summed E-state index contributed by atoms with van der Waals surface area (Å²) in [5, 5.41) is 9.00. The Balaban J connectivity index is 2.25. The van der Waals surface area contributed by atoms with Crippen molar-refractivity contribution < 1.29 is 9.90 Å². The van der Waals surface area contributed by atoms with E-state index in [9.17, 15) is 4.79 Å². The van der Waals surface area contributed by atoms with Crippen LogP contribution in [0.5, 0.6) is 0 Å². The third-order valence-corrected chi connectivity index (χ3v) is 3.47. The lowest BCUT2D eigenvalue weighted by Gasteiger charge is -2.05. The van der Waals surface area contributed by atoms with Crippen molar-refractivity contribution in [2.45, 2.75) is 19.3 Å². The van der Waals surface area contributed by atoms with Crippen LogP contribution in [-0.4, -0.2) is 11.1 Å². The highest BCUT2D eigenvalue weighted by molar-refractivity contribution is 9.10. The molecule has 1 saturated carbocycles. The quantitative estimate of drug-likeness (QED) is 0.881. The van der Waals surface area contributed by atoms with Gasteiger partial charge in [0.2, 0.25) is 0 Å². The van der Waals surface area contributed by atoms with Gasteiger partial charge in [-0.2, -0.15) is 0 Å². The fourth-order valence-corrected chi connectivity index (χ4v) is 2.23. The smallest absolute Gasteiger partial charge is 0.309 e. The molecule has 0 saturated heterocycles. The Bertz CT molecular complexity index is 389. The fraction of sp³-hybridized carbons (Fsp3) is 0.364. The summed E-state index contributed by atoms with van der Waals surface area (Å²) >= 11 is 3.39. The Morgan fingerprint density at radius 3 is 2.86 bits per heavy atom. The lowest BCUT2D eigenvalue weighted by Crippen LogP contribution is -2.12. The van der Waals surface area contributed by atoms with Crippen LogP contribution in [0.4, 0.5) is 0 Å². The average molecular weight is 255 g/mol. The number of rotatable bonds is 2. The normalized spacial score (nSPS) is 30.0. The Morgan fingerprint density at radius 1 is 1.64 bits per heavy atom. The van der Waals surface area contributed by atoms with E-state index in [4.69, 9.17) is 5.11 Å². The molecule has 1 aliphatic carbocycles. The first kappa shape index (κ1) is 9.71. The van der Waals surface area contributed by atoms with Gasteiger partial charge in [-0.3, -0.25) is 4.79 Å². The molecule has 2 nitrogen and oxygen atoms in total. The highest BCUT2D eigenvalue weighted by Gasteiger charge is 2.57. The van der Waals surface area contributed by atoms with Gasteiger partial charge in [0.25, 0.3) is 0 Å². The van der Waals surface area contributed by atoms with Crippen molar-refractivity contribution in [3.63, 3.8) is 0 Å². The topological polar surface area (TPSA) is 37.3 Å². The standard InChI is InChI=1S/C11H11BrO2/c1-11(10(13)14)6-9(11)7-3-2-4-8(12)5-7/h2-5,9H,6H2,1H3,(H,13,14). The van der Waals surface area contributed by atoms with Gasteiger partial charge >= 0.3 is 5.97 Å². The van der Waals surface area contributed by atoms with Crippen LogP contribution < -0.4 is 0 Å². The van der Waals surface area contributed by atoms with Crippen LogP contribution in [0.25, 0.3) is 0 Å². The van der Waals surface area contributed by atoms with Gasteiger partial charge in [0.15, 0.2) is 0 Å². The molecular formula is C11H11BrO2. The van der Waals surface area contributed by atoms with E-state index in [2.05, 4.69) is 15.9 Å². The van der Waals surface area contributed by atoms with Crippen LogP contribution in [0, 0.1) is 5.41 Å². The average Bonchev–Trinajstić information content (AvgIpc) is 2.80. The molecule has 0 radical (unpaired) electrons. The van der Waals surface area contributed by atoms with Gasteiger partial charge < -0.3 is 5.11 Å². The second-order valence-corrected chi connectivity index (χ2v) is 4.95. The highest BCUT2D eigenvalue weighted by atomic mass is 79.9. The predicted octanol–water partition coefficient (Wildman–Crippen LogP) is 3.03. The molecule has 0 bridgehead atoms. The Morgan fingerprint density at radius 2 is 2.36 bits per heavy atom. The zero-order chi connectivity index (χ0) is 10.3. The summed E-state index contributed by atoms with van der Waals surface area (Å²) < 4.78 is 1.01. The zero-order valence-electron chi connectivity index (χ0n) is 7.83. The zero-order valence-corrected chi connectivity index (χ0v) is 9.41. The van der Waals surface area contributed by atoms with Crippen molar-refractivity contribution in [3.05, 3.63) is 34.3 Å². The molecule has 0 amide bonds. The lowest BCUT2D eigenvalue weighted by atomic mass is 10.0. The maximum absolute atomic E-state index is 10.9. The van der Waals surface area contributed by atoms with Gasteiger partial charge in [-0.1, -0.05) is 28.1 Å². The molecule has 1 aromatic carbocycles. The number of aliphatic carboxylic acids is 1. The number of halogens is 1. The van der Waals surface area contributed by atoms with Crippen LogP contribution in [0.15, 0.2) is 28.7 Å². The Labute approximate surface area is 91.1 Å². The van der Waals surface area contributed by atoms with Gasteiger partial charge in [-0.25, -0.2) is 0 Å². The number of carboxylic acid groups (broad SMARTS) is 1. The first-order chi connectivity index (χ1) is 6.54. The molecule has 74 valence electrons. The molecule has 2 rings (SSSR count). The van der Waals surface area contributed by atoms with E-state index in [-0.39, 0.29) is 5.92 Å². The van der Waals surface area contributed by atoms with Crippen molar-refractivity contribution in [1.82, 2.24) is 0 Å². The molecule has 0 aromatic heterocycles. The van der Waals surface area contributed by atoms with Crippen molar-refractivity contribution in [1.29, 1.82) is 0 Å². The van der Waals surface area contributed by atoms with E-state index >= 15 is 0 Å². The molecule has 2 atom stereocenters. The van der Waals surface area contributed by atoms with E-state index in [0.29, 0.717) is 0 Å². The fourth-order valence-electron chi connectivity index (χ4n) is 1.81. The third kappa shape index (κ3) is 1.46. The molecule has 0 aliphatic heterocycles. The summed E-state index contributed by atoms with van der Waals surface area (Å²) in [5.74, 6) is -0.514. The number of carboxylic acids is 1. The van der Waals surface area contributed by atoms with E-state index in [1.165, 1.54) is 0 Å². The second-order valence-electron chi connectivity index (χ2n) is 4.03. The maximum Gasteiger partial charge on any atom is 0.309 e. The minimum Gasteiger partial charge on any atom is -0.481 e. The molecule has 2 unspecified atom stereocenters. The molecular weight excluding hydrogens is 244 g/mol. The van der Waals surface area contributed by atoms with Gasteiger partial charge in [0.05, 0.1) is 5.41 Å². The van der Waals surface area contributed by atoms with E-state index in [1.807, 2.05) is 24.3 Å². The largest absolute Gasteiger partial charge is 0.481 e. The van der Waals surface area contributed by atoms with Crippen molar-refractivity contribution >= 4 is 21.9 Å². The third-order valence-electron chi connectivity index (χ3n) is 2.98. The minimum atomic E-state index is -0.692. The van der Waals surface area contributed by atoms with Crippen LogP contribution in [0.2, 0.25) is 0 Å². The molecule has 1 N–H and O–H groups in total. The Hall–Kier alpha value is -0.830. The highest BCUT2D eigenvalue weighted by Crippen LogP contribution is 2.59. The summed E-state index contributed by atoms with van der Waals surface area (Å²) in [6.45, 7) is 1.81. The SMILES string of the molecule is CC1(C(=O)O)CC1c1cccc(Br)c1. The first-order valence-electron chi connectivity index (χ1n) is 4.53. The predicted molar refractivity (Wildman–Crippen MR) is 57.2 cm³/mol. The molecule has 14 heavy (non-hydrogen) atoms. The summed E-state index contributed by atoms with van der Waals surface area (Å²) in [5.41, 5.74) is 0.574. The maximum atomic E-state index is 10.9. The van der Waals surface area contributed by atoms with Gasteiger partial charge in [0, 0.05) is 10.4 Å². The number of hydrogen-bond donors (Lipinski definition) is 1. The van der Waals surface area contributed by atoms with Crippen molar-refractivity contribution in [3.8, 4) is 0 Å². The second kappa shape index (κ2) is 3.09. The molecule has 1 aromatic rings. The van der Waals surface area contributed by atoms with E-state index in [1.54, 1.807) is 6.92 Å². The number of carbonyl (C=O) groups is 1. The molecule has 1 aliphatic rings. The summed E-state index contributed by atoms with van der Waals surface area (Å²) in [7, 11) is 0. The van der Waals surface area contributed by atoms with Gasteiger partial charge in [0.1, 0.15) is 0 Å². The van der Waals surface area contributed by atoms with Crippen molar-refractivity contribution in [2.75, 3.05) is 0 Å². The summed E-state index contributed by atoms with van der Waals surface area (Å²) in [6.07, 6.45) is 0.749. The van der Waals surface area contributed by atoms with Crippen LogP contribution >= 0.6 is 15.9 Å². The van der Waals surface area contributed by atoms with Crippen LogP contribution in [0.3, 0.4) is 0 Å². The molecule has 1 fully saturated rings. The van der Waals surface area contributed by atoms with Crippen molar-refractivity contribution in [2.24, 2.45) is 5.41 Å².